The maximum absolute atomic E-state index is 13.1. The maximum atomic E-state index is 13.1. The molecule has 21 heavy (non-hydrogen) atoms. The highest BCUT2D eigenvalue weighted by atomic mass is 19.4. The van der Waals surface area contributed by atoms with Crippen molar-refractivity contribution in [2.24, 2.45) is 0 Å². The normalized spacial score (nSPS) is 20.6. The molecule has 0 bridgehead atoms. The number of carbonyl (C=O) groups excluding carboxylic acids is 2. The second kappa shape index (κ2) is 5.42. The van der Waals surface area contributed by atoms with Crippen LogP contribution in [0.5, 0.6) is 0 Å². The van der Waals surface area contributed by atoms with Gasteiger partial charge in [-0.3, -0.25) is 4.79 Å². The first-order chi connectivity index (χ1) is 9.27. The largest absolute Gasteiger partial charge is 0.463 e. The summed E-state index contributed by atoms with van der Waals surface area (Å²) in [6, 6.07) is -1.41. The molecule has 0 spiro atoms. The van der Waals surface area contributed by atoms with E-state index in [4.69, 9.17) is 4.74 Å². The van der Waals surface area contributed by atoms with Gasteiger partial charge in [0, 0.05) is 6.54 Å². The smallest absolute Gasteiger partial charge is 0.458 e. The third kappa shape index (κ3) is 3.82. The Morgan fingerprint density at radius 1 is 1.10 bits per heavy atom. The Kier molecular flexibility index (Phi) is 4.55. The maximum Gasteiger partial charge on any atom is 0.463 e. The topological polar surface area (TPSA) is 46.6 Å². The van der Waals surface area contributed by atoms with E-state index in [1.54, 1.807) is 0 Å². The van der Waals surface area contributed by atoms with Crippen molar-refractivity contribution in [3.63, 3.8) is 0 Å². The molecule has 0 aromatic carbocycles. The zero-order chi connectivity index (χ0) is 16.6. The molecule has 1 aliphatic heterocycles. The average molecular weight is 317 g/mol. The molecule has 0 radical (unpaired) electrons. The fourth-order valence-corrected chi connectivity index (χ4v) is 1.93. The van der Waals surface area contributed by atoms with Gasteiger partial charge >= 0.3 is 24.0 Å². The van der Waals surface area contributed by atoms with E-state index in [9.17, 15) is 31.5 Å². The summed E-state index contributed by atoms with van der Waals surface area (Å²) in [6.45, 7) is 4.23. The van der Waals surface area contributed by atoms with E-state index in [0.29, 0.717) is 0 Å². The van der Waals surface area contributed by atoms with Crippen LogP contribution in [0.25, 0.3) is 0 Å². The molecule has 1 saturated heterocycles. The fourth-order valence-electron chi connectivity index (χ4n) is 1.93. The Hall–Kier alpha value is -1.41. The van der Waals surface area contributed by atoms with E-state index in [0.717, 1.165) is 0 Å². The zero-order valence-corrected chi connectivity index (χ0v) is 11.8. The van der Waals surface area contributed by atoms with Gasteiger partial charge in [0.2, 0.25) is 0 Å². The molecule has 1 heterocycles. The summed E-state index contributed by atoms with van der Waals surface area (Å²) < 4.78 is 67.8. The van der Waals surface area contributed by atoms with Gasteiger partial charge in [0.1, 0.15) is 11.6 Å². The average Bonchev–Trinajstić information content (AvgIpc) is 2.72. The Labute approximate surface area is 118 Å². The van der Waals surface area contributed by atoms with Crippen LogP contribution in [0, 0.1) is 0 Å². The van der Waals surface area contributed by atoms with Crippen LogP contribution < -0.4 is 0 Å². The van der Waals surface area contributed by atoms with Gasteiger partial charge in [-0.15, -0.1) is 0 Å². The molecule has 1 rings (SSSR count). The van der Waals surface area contributed by atoms with Crippen molar-refractivity contribution < 1.29 is 36.3 Å². The molecule has 1 fully saturated rings. The standard InChI is InChI=1S/C12H16F5NO3/c1-10(2,3)21-8(19)7-5-4-6-18(7)9(20)11(13,14)12(15,16)17/h7H,4-6H2,1-3H3/t7-/m1/s1. The van der Waals surface area contributed by atoms with E-state index in [1.807, 2.05) is 0 Å². The lowest BCUT2D eigenvalue weighted by Crippen LogP contribution is -2.55. The molecule has 0 saturated carbocycles. The predicted octanol–water partition coefficient (Wildman–Crippen LogP) is 2.52. The molecule has 0 aromatic heterocycles. The summed E-state index contributed by atoms with van der Waals surface area (Å²) in [5.74, 6) is -8.91. The van der Waals surface area contributed by atoms with Crippen LogP contribution >= 0.6 is 0 Å². The number of carbonyl (C=O) groups is 2. The van der Waals surface area contributed by atoms with E-state index in [2.05, 4.69) is 0 Å². The lowest BCUT2D eigenvalue weighted by molar-refractivity contribution is -0.274. The molecule has 1 atom stereocenters. The minimum atomic E-state index is -5.99. The summed E-state index contributed by atoms with van der Waals surface area (Å²) in [4.78, 5) is 23.5. The molecule has 1 aliphatic rings. The Morgan fingerprint density at radius 2 is 1.62 bits per heavy atom. The molecule has 0 aromatic rings. The number of likely N-dealkylation sites (tertiary alicyclic amines) is 1. The van der Waals surface area contributed by atoms with Crippen molar-refractivity contribution in [1.82, 2.24) is 4.90 Å². The second-order valence-electron chi connectivity index (χ2n) is 5.76. The number of esters is 1. The van der Waals surface area contributed by atoms with Crippen LogP contribution in [0.15, 0.2) is 0 Å². The highest BCUT2D eigenvalue weighted by Gasteiger charge is 2.65. The highest BCUT2D eigenvalue weighted by Crippen LogP contribution is 2.38. The van der Waals surface area contributed by atoms with E-state index in [-0.39, 0.29) is 24.3 Å². The molecule has 0 N–H and O–H groups in total. The quantitative estimate of drug-likeness (QED) is 0.581. The first-order valence-electron chi connectivity index (χ1n) is 6.26. The second-order valence-corrected chi connectivity index (χ2v) is 5.76. The van der Waals surface area contributed by atoms with Crippen LogP contribution in [0.4, 0.5) is 22.0 Å². The molecular weight excluding hydrogens is 301 g/mol. The monoisotopic (exact) mass is 317 g/mol. The Balaban J connectivity index is 2.92. The van der Waals surface area contributed by atoms with Gasteiger partial charge in [-0.05, 0) is 33.6 Å². The van der Waals surface area contributed by atoms with Crippen molar-refractivity contribution in [2.45, 2.75) is 57.4 Å². The summed E-state index contributed by atoms with van der Waals surface area (Å²) in [7, 11) is 0. The van der Waals surface area contributed by atoms with Gasteiger partial charge in [-0.25, -0.2) is 4.79 Å². The third-order valence-corrected chi connectivity index (χ3v) is 2.82. The van der Waals surface area contributed by atoms with Gasteiger partial charge in [-0.1, -0.05) is 0 Å². The van der Waals surface area contributed by atoms with Crippen LogP contribution in [0.3, 0.4) is 0 Å². The van der Waals surface area contributed by atoms with Crippen molar-refractivity contribution in [3.05, 3.63) is 0 Å². The number of amides is 1. The number of halogens is 5. The summed E-state index contributed by atoms with van der Waals surface area (Å²) >= 11 is 0. The molecule has 1 amide bonds. The third-order valence-electron chi connectivity index (χ3n) is 2.82. The van der Waals surface area contributed by atoms with Crippen molar-refractivity contribution in [1.29, 1.82) is 0 Å². The molecule has 0 unspecified atom stereocenters. The number of alkyl halides is 5. The lowest BCUT2D eigenvalue weighted by atomic mass is 10.1. The van der Waals surface area contributed by atoms with Gasteiger partial charge in [0.15, 0.2) is 0 Å². The number of nitrogens with zero attached hydrogens (tertiary/aromatic N) is 1. The van der Waals surface area contributed by atoms with E-state index >= 15 is 0 Å². The number of hydrogen-bond acceptors (Lipinski definition) is 3. The van der Waals surface area contributed by atoms with Gasteiger partial charge in [0.25, 0.3) is 0 Å². The van der Waals surface area contributed by atoms with Crippen LogP contribution in [0.2, 0.25) is 0 Å². The number of rotatable bonds is 2. The molecule has 9 heteroatoms. The van der Waals surface area contributed by atoms with Crippen LogP contribution in [-0.4, -0.2) is 47.1 Å². The number of ether oxygens (including phenoxy) is 1. The van der Waals surface area contributed by atoms with Gasteiger partial charge in [0.05, 0.1) is 0 Å². The molecule has 122 valence electrons. The van der Waals surface area contributed by atoms with Crippen molar-refractivity contribution in [3.8, 4) is 0 Å². The fraction of sp³-hybridized carbons (Fsp3) is 0.833. The molecule has 0 aliphatic carbocycles. The van der Waals surface area contributed by atoms with Crippen molar-refractivity contribution >= 4 is 11.9 Å². The van der Waals surface area contributed by atoms with Crippen LogP contribution in [0.1, 0.15) is 33.6 Å². The first-order valence-corrected chi connectivity index (χ1v) is 6.26. The minimum absolute atomic E-state index is 0.00537. The summed E-state index contributed by atoms with van der Waals surface area (Å²) in [5, 5.41) is 0. The molecule has 4 nitrogen and oxygen atoms in total. The van der Waals surface area contributed by atoms with Gasteiger partial charge < -0.3 is 9.64 Å². The highest BCUT2D eigenvalue weighted by molar-refractivity contribution is 5.89. The zero-order valence-electron chi connectivity index (χ0n) is 11.8. The van der Waals surface area contributed by atoms with Crippen molar-refractivity contribution in [2.75, 3.05) is 6.54 Å². The van der Waals surface area contributed by atoms with E-state index < -0.39 is 35.6 Å². The molecular formula is C12H16F5NO3. The van der Waals surface area contributed by atoms with Crippen LogP contribution in [-0.2, 0) is 14.3 Å². The van der Waals surface area contributed by atoms with E-state index in [1.165, 1.54) is 20.8 Å². The SMILES string of the molecule is CC(C)(C)OC(=O)[C@H]1CCCN1C(=O)C(F)(F)C(F)(F)F. The summed E-state index contributed by atoms with van der Waals surface area (Å²) in [6.07, 6.45) is -5.84. The number of hydrogen-bond donors (Lipinski definition) is 0. The lowest BCUT2D eigenvalue weighted by Gasteiger charge is -2.30. The van der Waals surface area contributed by atoms with Gasteiger partial charge in [-0.2, -0.15) is 22.0 Å². The summed E-state index contributed by atoms with van der Waals surface area (Å²) in [5.41, 5.74) is -0.930. The predicted molar refractivity (Wildman–Crippen MR) is 61.6 cm³/mol. The first kappa shape index (κ1) is 17.6. The Morgan fingerprint density at radius 3 is 2.05 bits per heavy atom. The Bertz CT molecular complexity index is 428. The minimum Gasteiger partial charge on any atom is -0.458 e.